The first-order valence-electron chi connectivity index (χ1n) is 6.72. The predicted molar refractivity (Wildman–Crippen MR) is 80.5 cm³/mol. The number of benzene rings is 1. The van der Waals surface area contributed by atoms with Crippen molar-refractivity contribution in [3.05, 3.63) is 36.3 Å². The summed E-state index contributed by atoms with van der Waals surface area (Å²) in [6.45, 7) is 3.97. The monoisotopic (exact) mass is 308 g/mol. The fraction of sp³-hybridized carbons (Fsp3) is 0.333. The molecule has 0 aliphatic carbocycles. The Balaban J connectivity index is 1.91. The van der Waals surface area contributed by atoms with Crippen molar-refractivity contribution >= 4 is 17.7 Å². The van der Waals surface area contributed by atoms with E-state index in [2.05, 4.69) is 10.3 Å². The summed E-state index contributed by atoms with van der Waals surface area (Å²) in [6.07, 6.45) is 2.46. The number of hydrogen-bond donors (Lipinski definition) is 1. The van der Waals surface area contributed by atoms with Crippen LogP contribution in [0.2, 0.25) is 0 Å². The van der Waals surface area contributed by atoms with E-state index >= 15 is 0 Å². The maximum absolute atomic E-state index is 12.9. The highest BCUT2D eigenvalue weighted by atomic mass is 32.2. The Kier molecular flexibility index (Phi) is 5.38. The van der Waals surface area contributed by atoms with Crippen LogP contribution < -0.4 is 5.32 Å². The van der Waals surface area contributed by atoms with E-state index in [1.807, 2.05) is 13.8 Å². The standard InChI is InChI=1S/C15H17FN2O2S/c1-3-10(2)18-14(19)9-21-15-17-8-13(20-15)11-4-6-12(16)7-5-11/h4-8,10H,3,9H2,1-2H3,(H,18,19)/t10-/m1/s1. The number of oxazole rings is 1. The largest absolute Gasteiger partial charge is 0.431 e. The molecule has 1 aromatic carbocycles. The van der Waals surface area contributed by atoms with Crippen molar-refractivity contribution in [1.82, 2.24) is 10.3 Å². The number of hydrogen-bond acceptors (Lipinski definition) is 4. The Hall–Kier alpha value is -1.82. The maximum atomic E-state index is 12.9. The van der Waals surface area contributed by atoms with Crippen molar-refractivity contribution in [3.63, 3.8) is 0 Å². The first-order chi connectivity index (χ1) is 10.1. The minimum atomic E-state index is -0.297. The molecule has 0 spiro atoms. The molecule has 0 aliphatic heterocycles. The number of rotatable bonds is 6. The normalized spacial score (nSPS) is 12.1. The molecule has 0 saturated heterocycles. The molecule has 0 unspecified atom stereocenters. The third kappa shape index (κ3) is 4.60. The van der Waals surface area contributed by atoms with E-state index in [0.717, 1.165) is 12.0 Å². The second kappa shape index (κ2) is 7.26. The number of carbonyl (C=O) groups excluding carboxylic acids is 1. The molecule has 1 aromatic heterocycles. The van der Waals surface area contributed by atoms with E-state index in [-0.39, 0.29) is 23.5 Å². The lowest BCUT2D eigenvalue weighted by Crippen LogP contribution is -2.33. The lowest BCUT2D eigenvalue weighted by molar-refractivity contribution is -0.119. The molecule has 112 valence electrons. The average molecular weight is 308 g/mol. The summed E-state index contributed by atoms with van der Waals surface area (Å²) in [5, 5.41) is 3.30. The van der Waals surface area contributed by atoms with Crippen molar-refractivity contribution in [3.8, 4) is 11.3 Å². The average Bonchev–Trinajstić information content (AvgIpc) is 2.94. The fourth-order valence-corrected chi connectivity index (χ4v) is 2.23. The molecular formula is C15H17FN2O2S. The Morgan fingerprint density at radius 3 is 2.81 bits per heavy atom. The van der Waals surface area contributed by atoms with Crippen LogP contribution in [0.15, 0.2) is 40.1 Å². The minimum Gasteiger partial charge on any atom is -0.431 e. The highest BCUT2D eigenvalue weighted by Crippen LogP contribution is 2.25. The third-order valence-electron chi connectivity index (χ3n) is 2.96. The van der Waals surface area contributed by atoms with E-state index in [1.54, 1.807) is 18.3 Å². The van der Waals surface area contributed by atoms with Crippen LogP contribution in [-0.4, -0.2) is 22.7 Å². The summed E-state index contributed by atoms with van der Waals surface area (Å²) in [7, 11) is 0. The molecule has 2 rings (SSSR count). The lowest BCUT2D eigenvalue weighted by atomic mass is 10.2. The van der Waals surface area contributed by atoms with E-state index < -0.39 is 0 Å². The zero-order valence-electron chi connectivity index (χ0n) is 11.9. The van der Waals surface area contributed by atoms with Crippen molar-refractivity contribution in [2.75, 3.05) is 5.75 Å². The summed E-state index contributed by atoms with van der Waals surface area (Å²) in [5.74, 6) is 0.471. The molecule has 6 heteroatoms. The van der Waals surface area contributed by atoms with Crippen molar-refractivity contribution in [2.45, 2.75) is 31.5 Å². The summed E-state index contributed by atoms with van der Waals surface area (Å²) < 4.78 is 18.4. The van der Waals surface area contributed by atoms with Crippen LogP contribution in [0.1, 0.15) is 20.3 Å². The SMILES string of the molecule is CC[C@@H](C)NC(=O)CSc1ncc(-c2ccc(F)cc2)o1. The Morgan fingerprint density at radius 1 is 1.43 bits per heavy atom. The highest BCUT2D eigenvalue weighted by Gasteiger charge is 2.11. The van der Waals surface area contributed by atoms with Gasteiger partial charge in [0.1, 0.15) is 5.82 Å². The van der Waals surface area contributed by atoms with Gasteiger partial charge in [0, 0.05) is 11.6 Å². The second-order valence-electron chi connectivity index (χ2n) is 4.66. The van der Waals surface area contributed by atoms with Gasteiger partial charge in [-0.25, -0.2) is 9.37 Å². The highest BCUT2D eigenvalue weighted by molar-refractivity contribution is 7.99. The molecular weight excluding hydrogens is 291 g/mol. The fourth-order valence-electron chi connectivity index (χ4n) is 1.62. The zero-order valence-corrected chi connectivity index (χ0v) is 12.7. The van der Waals surface area contributed by atoms with Gasteiger partial charge >= 0.3 is 0 Å². The van der Waals surface area contributed by atoms with Gasteiger partial charge in [-0.3, -0.25) is 4.79 Å². The van der Waals surface area contributed by atoms with Gasteiger partial charge in [0.2, 0.25) is 5.91 Å². The number of nitrogens with zero attached hydrogens (tertiary/aromatic N) is 1. The van der Waals surface area contributed by atoms with E-state index in [9.17, 15) is 9.18 Å². The van der Waals surface area contributed by atoms with Gasteiger partial charge in [-0.15, -0.1) is 0 Å². The number of nitrogens with one attached hydrogen (secondary N) is 1. The van der Waals surface area contributed by atoms with Crippen molar-refractivity contribution in [2.24, 2.45) is 0 Å². The quantitative estimate of drug-likeness (QED) is 0.830. The van der Waals surface area contributed by atoms with Gasteiger partial charge in [-0.1, -0.05) is 18.7 Å². The molecule has 4 nitrogen and oxygen atoms in total. The van der Waals surface area contributed by atoms with Crippen LogP contribution in [0.25, 0.3) is 11.3 Å². The van der Waals surface area contributed by atoms with E-state index in [0.29, 0.717) is 11.0 Å². The number of carbonyl (C=O) groups is 1. The Bertz CT molecular complexity index is 598. The van der Waals surface area contributed by atoms with Gasteiger partial charge in [-0.05, 0) is 37.6 Å². The number of halogens is 1. The number of aromatic nitrogens is 1. The predicted octanol–water partition coefficient (Wildman–Crippen LogP) is 3.49. The maximum Gasteiger partial charge on any atom is 0.256 e. The molecule has 0 radical (unpaired) electrons. The van der Waals surface area contributed by atoms with Gasteiger partial charge < -0.3 is 9.73 Å². The van der Waals surface area contributed by atoms with Crippen LogP contribution in [0, 0.1) is 5.82 Å². The van der Waals surface area contributed by atoms with Crippen molar-refractivity contribution in [1.29, 1.82) is 0 Å². The molecule has 1 atom stereocenters. The summed E-state index contributed by atoms with van der Waals surface area (Å²) >= 11 is 1.24. The molecule has 0 bridgehead atoms. The Labute approximate surface area is 127 Å². The molecule has 1 heterocycles. The summed E-state index contributed by atoms with van der Waals surface area (Å²) in [5.41, 5.74) is 0.750. The minimum absolute atomic E-state index is 0.0455. The molecule has 0 saturated carbocycles. The molecule has 1 amide bonds. The molecule has 21 heavy (non-hydrogen) atoms. The van der Waals surface area contributed by atoms with Gasteiger partial charge in [0.15, 0.2) is 5.76 Å². The van der Waals surface area contributed by atoms with Crippen LogP contribution in [0.3, 0.4) is 0 Å². The summed E-state index contributed by atoms with van der Waals surface area (Å²) in [4.78, 5) is 15.8. The topological polar surface area (TPSA) is 55.1 Å². The van der Waals surface area contributed by atoms with Crippen LogP contribution in [-0.2, 0) is 4.79 Å². The first kappa shape index (κ1) is 15.6. The first-order valence-corrected chi connectivity index (χ1v) is 7.71. The van der Waals surface area contributed by atoms with Gasteiger partial charge in [0.25, 0.3) is 5.22 Å². The lowest BCUT2D eigenvalue weighted by Gasteiger charge is -2.09. The third-order valence-corrected chi connectivity index (χ3v) is 3.80. The smallest absolute Gasteiger partial charge is 0.256 e. The van der Waals surface area contributed by atoms with Gasteiger partial charge in [-0.2, -0.15) is 0 Å². The summed E-state index contributed by atoms with van der Waals surface area (Å²) in [6, 6.07) is 6.14. The van der Waals surface area contributed by atoms with Gasteiger partial charge in [0.05, 0.1) is 11.9 Å². The molecule has 1 N–H and O–H groups in total. The second-order valence-corrected chi connectivity index (χ2v) is 5.59. The Morgan fingerprint density at radius 2 is 2.14 bits per heavy atom. The van der Waals surface area contributed by atoms with E-state index in [1.165, 1.54) is 23.9 Å². The van der Waals surface area contributed by atoms with Crippen LogP contribution in [0.4, 0.5) is 4.39 Å². The molecule has 2 aromatic rings. The van der Waals surface area contributed by atoms with E-state index in [4.69, 9.17) is 4.42 Å². The number of amides is 1. The molecule has 0 aliphatic rings. The zero-order chi connectivity index (χ0) is 15.2. The van der Waals surface area contributed by atoms with Crippen LogP contribution >= 0.6 is 11.8 Å². The van der Waals surface area contributed by atoms with Crippen LogP contribution in [0.5, 0.6) is 0 Å². The molecule has 0 fully saturated rings. The number of thioether (sulfide) groups is 1. The van der Waals surface area contributed by atoms with Crippen molar-refractivity contribution < 1.29 is 13.6 Å².